The third kappa shape index (κ3) is 3.81. The van der Waals surface area contributed by atoms with Gasteiger partial charge in [0.1, 0.15) is 5.82 Å². The van der Waals surface area contributed by atoms with Crippen molar-refractivity contribution in [2.75, 3.05) is 6.54 Å². The fourth-order valence-electron chi connectivity index (χ4n) is 2.85. The maximum Gasteiger partial charge on any atom is 0.127 e. The van der Waals surface area contributed by atoms with Crippen molar-refractivity contribution in [1.82, 2.24) is 5.32 Å². The molecule has 0 spiro atoms. The maximum absolute atomic E-state index is 13.6. The molecule has 1 fully saturated rings. The molecule has 1 unspecified atom stereocenters. The number of halogens is 1. The van der Waals surface area contributed by atoms with E-state index in [1.807, 2.05) is 12.1 Å². The Labute approximate surface area is 110 Å². The Morgan fingerprint density at radius 1 is 1.17 bits per heavy atom. The van der Waals surface area contributed by atoms with Crippen molar-refractivity contribution in [2.24, 2.45) is 5.92 Å². The highest BCUT2D eigenvalue weighted by atomic mass is 19.1. The molecule has 0 aromatic heterocycles. The predicted octanol–water partition coefficient (Wildman–Crippen LogP) is 4.45. The molecule has 1 saturated carbocycles. The molecule has 0 aliphatic heterocycles. The van der Waals surface area contributed by atoms with Gasteiger partial charge in [0, 0.05) is 11.6 Å². The molecule has 1 N–H and O–H groups in total. The van der Waals surface area contributed by atoms with Crippen LogP contribution in [0.3, 0.4) is 0 Å². The summed E-state index contributed by atoms with van der Waals surface area (Å²) >= 11 is 0. The average molecular weight is 249 g/mol. The Kier molecular flexibility index (Phi) is 5.18. The smallest absolute Gasteiger partial charge is 0.127 e. The Balaban J connectivity index is 1.84. The highest BCUT2D eigenvalue weighted by Gasteiger charge is 2.15. The third-order valence-electron chi connectivity index (χ3n) is 4.06. The number of hydrogen-bond donors (Lipinski definition) is 1. The van der Waals surface area contributed by atoms with E-state index in [0.29, 0.717) is 0 Å². The molecule has 0 bridgehead atoms. The van der Waals surface area contributed by atoms with Crippen LogP contribution in [0.15, 0.2) is 24.3 Å². The molecule has 1 aromatic carbocycles. The predicted molar refractivity (Wildman–Crippen MR) is 74.0 cm³/mol. The first kappa shape index (κ1) is 13.5. The molecule has 0 heterocycles. The number of hydrogen-bond acceptors (Lipinski definition) is 1. The van der Waals surface area contributed by atoms with Crippen LogP contribution in [0.4, 0.5) is 4.39 Å². The van der Waals surface area contributed by atoms with Crippen molar-refractivity contribution in [2.45, 2.75) is 51.5 Å². The van der Waals surface area contributed by atoms with E-state index in [4.69, 9.17) is 0 Å². The minimum Gasteiger partial charge on any atom is -0.310 e. The lowest BCUT2D eigenvalue weighted by Gasteiger charge is -2.20. The summed E-state index contributed by atoms with van der Waals surface area (Å²) in [4.78, 5) is 0. The van der Waals surface area contributed by atoms with E-state index < -0.39 is 0 Å². The molecular weight excluding hydrogens is 225 g/mol. The van der Waals surface area contributed by atoms with Crippen LogP contribution in [0.2, 0.25) is 0 Å². The fourth-order valence-corrected chi connectivity index (χ4v) is 2.85. The molecule has 1 aliphatic carbocycles. The largest absolute Gasteiger partial charge is 0.310 e. The molecule has 18 heavy (non-hydrogen) atoms. The first-order valence-corrected chi connectivity index (χ1v) is 7.25. The molecular formula is C16H24FN. The number of benzene rings is 1. The summed E-state index contributed by atoms with van der Waals surface area (Å²) in [5, 5.41) is 3.50. The fraction of sp³-hybridized carbons (Fsp3) is 0.625. The molecule has 0 radical (unpaired) electrons. The van der Waals surface area contributed by atoms with Gasteiger partial charge in [-0.1, -0.05) is 43.9 Å². The van der Waals surface area contributed by atoms with E-state index in [9.17, 15) is 4.39 Å². The van der Waals surface area contributed by atoms with Crippen molar-refractivity contribution in [1.29, 1.82) is 0 Å². The Morgan fingerprint density at radius 3 is 2.50 bits per heavy atom. The number of rotatable bonds is 4. The van der Waals surface area contributed by atoms with E-state index in [-0.39, 0.29) is 11.9 Å². The van der Waals surface area contributed by atoms with E-state index in [1.165, 1.54) is 38.5 Å². The topological polar surface area (TPSA) is 12.0 Å². The quantitative estimate of drug-likeness (QED) is 0.777. The average Bonchev–Trinajstić information content (AvgIpc) is 2.65. The molecule has 1 nitrogen and oxygen atoms in total. The van der Waals surface area contributed by atoms with Gasteiger partial charge in [0.25, 0.3) is 0 Å². The van der Waals surface area contributed by atoms with Crippen molar-refractivity contribution < 1.29 is 4.39 Å². The van der Waals surface area contributed by atoms with Crippen molar-refractivity contribution in [3.8, 4) is 0 Å². The summed E-state index contributed by atoms with van der Waals surface area (Å²) in [5.41, 5.74) is 0.783. The minimum atomic E-state index is -0.0987. The highest BCUT2D eigenvalue weighted by Crippen LogP contribution is 2.23. The second-order valence-corrected chi connectivity index (χ2v) is 5.51. The van der Waals surface area contributed by atoms with Gasteiger partial charge in [-0.15, -0.1) is 0 Å². The van der Waals surface area contributed by atoms with Crippen LogP contribution in [-0.4, -0.2) is 6.54 Å². The normalized spacial score (nSPS) is 19.4. The van der Waals surface area contributed by atoms with Crippen molar-refractivity contribution in [3.63, 3.8) is 0 Å². The van der Waals surface area contributed by atoms with Gasteiger partial charge in [0.2, 0.25) is 0 Å². The lowest BCUT2D eigenvalue weighted by molar-refractivity contribution is 0.398. The van der Waals surface area contributed by atoms with Gasteiger partial charge in [-0.05, 0) is 38.3 Å². The van der Waals surface area contributed by atoms with Gasteiger partial charge in [-0.25, -0.2) is 4.39 Å². The minimum absolute atomic E-state index is 0.0987. The van der Waals surface area contributed by atoms with Gasteiger partial charge in [-0.3, -0.25) is 0 Å². The molecule has 1 aromatic rings. The zero-order valence-electron chi connectivity index (χ0n) is 11.3. The second kappa shape index (κ2) is 6.89. The molecule has 100 valence electrons. The summed E-state index contributed by atoms with van der Waals surface area (Å²) < 4.78 is 13.6. The van der Waals surface area contributed by atoms with Crippen LogP contribution < -0.4 is 5.32 Å². The number of nitrogens with one attached hydrogen (secondary N) is 1. The zero-order chi connectivity index (χ0) is 12.8. The summed E-state index contributed by atoms with van der Waals surface area (Å²) in [5.74, 6) is 0.681. The summed E-state index contributed by atoms with van der Waals surface area (Å²) in [6.45, 7) is 3.07. The van der Waals surface area contributed by atoms with Crippen LogP contribution in [0.25, 0.3) is 0 Å². The van der Waals surface area contributed by atoms with Gasteiger partial charge < -0.3 is 5.32 Å². The second-order valence-electron chi connectivity index (χ2n) is 5.51. The van der Waals surface area contributed by atoms with E-state index in [2.05, 4.69) is 12.2 Å². The van der Waals surface area contributed by atoms with E-state index in [1.54, 1.807) is 12.1 Å². The molecule has 1 atom stereocenters. The SMILES string of the molecule is CC(NCC1CCCCCC1)c1ccccc1F. The van der Waals surface area contributed by atoms with Gasteiger partial charge >= 0.3 is 0 Å². The Bertz CT molecular complexity index is 356. The first-order chi connectivity index (χ1) is 8.77. The van der Waals surface area contributed by atoms with Crippen LogP contribution in [-0.2, 0) is 0 Å². The van der Waals surface area contributed by atoms with Gasteiger partial charge in [0.15, 0.2) is 0 Å². The van der Waals surface area contributed by atoms with Crippen LogP contribution in [0, 0.1) is 11.7 Å². The standard InChI is InChI=1S/C16H24FN/c1-13(15-10-6-7-11-16(15)17)18-12-14-8-4-2-3-5-9-14/h6-7,10-11,13-14,18H,2-5,8-9,12H2,1H3. The lowest BCUT2D eigenvalue weighted by atomic mass is 9.99. The third-order valence-corrected chi connectivity index (χ3v) is 4.06. The van der Waals surface area contributed by atoms with Gasteiger partial charge in [0.05, 0.1) is 0 Å². The summed E-state index contributed by atoms with van der Waals surface area (Å²) in [6.07, 6.45) is 8.16. The summed E-state index contributed by atoms with van der Waals surface area (Å²) in [7, 11) is 0. The Hall–Kier alpha value is -0.890. The van der Waals surface area contributed by atoms with Gasteiger partial charge in [-0.2, -0.15) is 0 Å². The van der Waals surface area contributed by atoms with Crippen molar-refractivity contribution in [3.05, 3.63) is 35.6 Å². The lowest BCUT2D eigenvalue weighted by Crippen LogP contribution is -2.26. The van der Waals surface area contributed by atoms with E-state index in [0.717, 1.165) is 18.0 Å². The van der Waals surface area contributed by atoms with Crippen molar-refractivity contribution >= 4 is 0 Å². The molecule has 0 saturated heterocycles. The Morgan fingerprint density at radius 2 is 1.83 bits per heavy atom. The van der Waals surface area contributed by atoms with Crippen LogP contribution in [0.5, 0.6) is 0 Å². The summed E-state index contributed by atoms with van der Waals surface area (Å²) in [6, 6.07) is 7.17. The molecule has 2 rings (SSSR count). The monoisotopic (exact) mass is 249 g/mol. The molecule has 1 aliphatic rings. The highest BCUT2D eigenvalue weighted by molar-refractivity contribution is 5.20. The first-order valence-electron chi connectivity index (χ1n) is 7.25. The van der Waals surface area contributed by atoms with Crippen LogP contribution >= 0.6 is 0 Å². The molecule has 2 heteroatoms. The zero-order valence-corrected chi connectivity index (χ0v) is 11.3. The van der Waals surface area contributed by atoms with E-state index >= 15 is 0 Å². The maximum atomic E-state index is 13.6. The van der Waals surface area contributed by atoms with Crippen LogP contribution in [0.1, 0.15) is 57.1 Å². The molecule has 0 amide bonds.